The zero-order chi connectivity index (χ0) is 22.3. The van der Waals surface area contributed by atoms with Crippen LogP contribution in [0.25, 0.3) is 6.08 Å². The largest absolute Gasteiger partial charge is 0.511 e. The second kappa shape index (κ2) is 9.80. The van der Waals surface area contributed by atoms with Gasteiger partial charge in [0.25, 0.3) is 0 Å². The summed E-state index contributed by atoms with van der Waals surface area (Å²) in [5.74, 6) is 0.268. The molecule has 6 heteroatoms. The first-order valence-electron chi connectivity index (χ1n) is 9.94. The van der Waals surface area contributed by atoms with Crippen LogP contribution in [0.1, 0.15) is 46.1 Å². The average Bonchev–Trinajstić information content (AvgIpc) is 2.67. The predicted molar refractivity (Wildman–Crippen MR) is 117 cm³/mol. The lowest BCUT2D eigenvalue weighted by Crippen LogP contribution is -2.21. The summed E-state index contributed by atoms with van der Waals surface area (Å²) < 4.78 is 5.02. The van der Waals surface area contributed by atoms with Gasteiger partial charge in [-0.15, -0.1) is 0 Å². The standard InChI is InChI=1S/C24H27N3O3/c1-5-27(6-2)21-10-9-18(22(12-21)30-23(28)29)8-7-17-11-19(20(15-25)16-26)14-24(3,4)13-17/h7-12H,5-6,13-14H2,1-4H3,(H,28,29). The fourth-order valence-corrected chi connectivity index (χ4v) is 3.72. The minimum absolute atomic E-state index is 0.0876. The molecular formula is C24H27N3O3. The average molecular weight is 405 g/mol. The van der Waals surface area contributed by atoms with Gasteiger partial charge >= 0.3 is 6.16 Å². The highest BCUT2D eigenvalue weighted by Crippen LogP contribution is 2.40. The molecule has 0 heterocycles. The van der Waals surface area contributed by atoms with E-state index in [-0.39, 0.29) is 16.7 Å². The highest BCUT2D eigenvalue weighted by molar-refractivity contribution is 5.70. The molecule has 1 aromatic rings. The van der Waals surface area contributed by atoms with E-state index in [1.165, 1.54) is 0 Å². The summed E-state index contributed by atoms with van der Waals surface area (Å²) in [5.41, 5.74) is 3.28. The maximum atomic E-state index is 11.2. The van der Waals surface area contributed by atoms with Crippen molar-refractivity contribution in [2.24, 2.45) is 5.41 Å². The summed E-state index contributed by atoms with van der Waals surface area (Å²) in [5, 5.41) is 27.6. The van der Waals surface area contributed by atoms with Crippen molar-refractivity contribution in [3.63, 3.8) is 0 Å². The van der Waals surface area contributed by atoms with Gasteiger partial charge in [0.2, 0.25) is 0 Å². The molecule has 0 amide bonds. The molecule has 0 spiro atoms. The Balaban J connectivity index is 2.45. The third-order valence-electron chi connectivity index (χ3n) is 5.06. The number of carboxylic acid groups (broad SMARTS) is 1. The number of ether oxygens (including phenoxy) is 1. The van der Waals surface area contributed by atoms with Crippen LogP contribution in [0.4, 0.5) is 10.5 Å². The van der Waals surface area contributed by atoms with Crippen LogP contribution in [0.15, 0.2) is 47.1 Å². The Labute approximate surface area is 178 Å². The number of carbonyl (C=O) groups is 1. The number of hydrogen-bond donors (Lipinski definition) is 1. The first-order chi connectivity index (χ1) is 14.2. The Kier molecular flexibility index (Phi) is 7.44. The van der Waals surface area contributed by atoms with E-state index in [2.05, 4.69) is 18.7 Å². The van der Waals surface area contributed by atoms with Crippen LogP contribution < -0.4 is 9.64 Å². The van der Waals surface area contributed by atoms with Gasteiger partial charge in [-0.2, -0.15) is 10.5 Å². The van der Waals surface area contributed by atoms with E-state index in [0.29, 0.717) is 12.0 Å². The topological polar surface area (TPSA) is 97.4 Å². The summed E-state index contributed by atoms with van der Waals surface area (Å²) >= 11 is 0. The van der Waals surface area contributed by atoms with Crippen molar-refractivity contribution < 1.29 is 14.6 Å². The lowest BCUT2D eigenvalue weighted by molar-refractivity contribution is 0.144. The van der Waals surface area contributed by atoms with E-state index in [9.17, 15) is 15.3 Å². The Morgan fingerprint density at radius 3 is 2.43 bits per heavy atom. The number of nitrogens with zero attached hydrogens (tertiary/aromatic N) is 3. The second-order valence-electron chi connectivity index (χ2n) is 7.96. The van der Waals surface area contributed by atoms with Gasteiger partial charge in [-0.05, 0) is 55.4 Å². The molecule has 0 saturated carbocycles. The van der Waals surface area contributed by atoms with Gasteiger partial charge in [0.1, 0.15) is 23.5 Å². The highest BCUT2D eigenvalue weighted by atomic mass is 16.7. The van der Waals surface area contributed by atoms with Crippen molar-refractivity contribution in [3.8, 4) is 17.9 Å². The molecule has 0 aliphatic heterocycles. The normalized spacial score (nSPS) is 15.1. The zero-order valence-corrected chi connectivity index (χ0v) is 17.9. The number of benzene rings is 1. The minimum Gasteiger partial charge on any atom is -0.449 e. The molecule has 6 nitrogen and oxygen atoms in total. The first-order valence-corrected chi connectivity index (χ1v) is 9.94. The van der Waals surface area contributed by atoms with Gasteiger partial charge in [0, 0.05) is 30.4 Å². The monoisotopic (exact) mass is 405 g/mol. The molecule has 1 aliphatic rings. The van der Waals surface area contributed by atoms with Crippen LogP contribution in [0.3, 0.4) is 0 Å². The highest BCUT2D eigenvalue weighted by Gasteiger charge is 2.26. The minimum atomic E-state index is -1.36. The Hall–Kier alpha value is -3.51. The number of rotatable bonds is 6. The zero-order valence-electron chi connectivity index (χ0n) is 17.9. The van der Waals surface area contributed by atoms with Crippen LogP contribution in [-0.4, -0.2) is 24.4 Å². The van der Waals surface area contributed by atoms with E-state index in [1.54, 1.807) is 6.07 Å². The van der Waals surface area contributed by atoms with Gasteiger partial charge in [-0.25, -0.2) is 4.79 Å². The molecule has 0 radical (unpaired) electrons. The van der Waals surface area contributed by atoms with Crippen LogP contribution in [-0.2, 0) is 0 Å². The molecule has 0 aromatic heterocycles. The molecule has 156 valence electrons. The molecule has 1 N–H and O–H groups in total. The molecule has 2 rings (SSSR count). The molecule has 0 fully saturated rings. The van der Waals surface area contributed by atoms with E-state index in [1.807, 2.05) is 56.3 Å². The van der Waals surface area contributed by atoms with Gasteiger partial charge in [0.05, 0.1) is 0 Å². The molecule has 0 atom stereocenters. The van der Waals surface area contributed by atoms with Crippen LogP contribution in [0, 0.1) is 28.1 Å². The Morgan fingerprint density at radius 1 is 1.20 bits per heavy atom. The summed E-state index contributed by atoms with van der Waals surface area (Å²) in [7, 11) is 0. The van der Waals surface area contributed by atoms with Crippen molar-refractivity contribution in [1.82, 2.24) is 0 Å². The lowest BCUT2D eigenvalue weighted by atomic mass is 9.74. The van der Waals surface area contributed by atoms with Crippen molar-refractivity contribution >= 4 is 17.9 Å². The predicted octanol–water partition coefficient (Wildman–Crippen LogP) is 5.69. The molecule has 1 aromatic carbocycles. The second-order valence-corrected chi connectivity index (χ2v) is 7.96. The molecule has 0 bridgehead atoms. The number of allylic oxidation sites excluding steroid dienone is 5. The summed E-state index contributed by atoms with van der Waals surface area (Å²) in [6, 6.07) is 9.45. The van der Waals surface area contributed by atoms with Crippen LogP contribution in [0.2, 0.25) is 0 Å². The molecule has 30 heavy (non-hydrogen) atoms. The summed E-state index contributed by atoms with van der Waals surface area (Å²) in [4.78, 5) is 13.3. The molecule has 0 unspecified atom stereocenters. The maximum Gasteiger partial charge on any atom is 0.511 e. The molecule has 1 aliphatic carbocycles. The van der Waals surface area contributed by atoms with Gasteiger partial charge in [0.15, 0.2) is 0 Å². The summed E-state index contributed by atoms with van der Waals surface area (Å²) in [6.45, 7) is 9.86. The fourth-order valence-electron chi connectivity index (χ4n) is 3.72. The third-order valence-corrected chi connectivity index (χ3v) is 5.06. The van der Waals surface area contributed by atoms with Crippen molar-refractivity contribution in [2.75, 3.05) is 18.0 Å². The number of nitriles is 2. The van der Waals surface area contributed by atoms with Crippen LogP contribution >= 0.6 is 0 Å². The maximum absolute atomic E-state index is 11.2. The van der Waals surface area contributed by atoms with Gasteiger partial charge in [-0.1, -0.05) is 32.1 Å². The Morgan fingerprint density at radius 2 is 1.87 bits per heavy atom. The van der Waals surface area contributed by atoms with Gasteiger partial charge in [-0.3, -0.25) is 0 Å². The van der Waals surface area contributed by atoms with E-state index >= 15 is 0 Å². The summed E-state index contributed by atoms with van der Waals surface area (Å²) in [6.07, 6.45) is 5.67. The smallest absolute Gasteiger partial charge is 0.449 e. The van der Waals surface area contributed by atoms with Gasteiger partial charge < -0.3 is 14.7 Å². The molecule has 0 saturated heterocycles. The lowest BCUT2D eigenvalue weighted by Gasteiger charge is -2.30. The van der Waals surface area contributed by atoms with Crippen molar-refractivity contribution in [1.29, 1.82) is 10.5 Å². The van der Waals surface area contributed by atoms with E-state index in [0.717, 1.165) is 36.3 Å². The quantitative estimate of drug-likeness (QED) is 0.371. The van der Waals surface area contributed by atoms with Crippen molar-refractivity contribution in [2.45, 2.75) is 40.5 Å². The SMILES string of the molecule is CCN(CC)c1ccc(C=CC2=CC(=C(C#N)C#N)CC(C)(C)C2)c(OC(=O)O)c1. The van der Waals surface area contributed by atoms with Crippen molar-refractivity contribution in [3.05, 3.63) is 52.6 Å². The van der Waals surface area contributed by atoms with E-state index in [4.69, 9.17) is 9.84 Å². The van der Waals surface area contributed by atoms with Crippen LogP contribution in [0.5, 0.6) is 5.75 Å². The molecular weight excluding hydrogens is 378 g/mol. The third kappa shape index (κ3) is 5.75. The Bertz CT molecular complexity index is 968. The number of anilines is 1. The fraction of sp³-hybridized carbons (Fsp3) is 0.375. The van der Waals surface area contributed by atoms with E-state index < -0.39 is 6.16 Å². The first kappa shape index (κ1) is 22.8. The number of hydrogen-bond acceptors (Lipinski definition) is 5.